The maximum atomic E-state index is 11.8. The summed E-state index contributed by atoms with van der Waals surface area (Å²) >= 11 is 0. The molecule has 0 aromatic rings. The highest BCUT2D eigenvalue weighted by Crippen LogP contribution is 2.23. The molecule has 0 aromatic carbocycles. The Kier molecular flexibility index (Phi) is 4.38. The number of aliphatic carboxylic acids is 1. The van der Waals surface area contributed by atoms with Crippen molar-refractivity contribution in [3.63, 3.8) is 0 Å². The summed E-state index contributed by atoms with van der Waals surface area (Å²) in [6.45, 7) is 4.42. The molecule has 0 spiro atoms. The second-order valence-corrected chi connectivity index (χ2v) is 4.59. The Hall–Kier alpha value is -1.70. The van der Waals surface area contributed by atoms with Crippen LogP contribution >= 0.6 is 0 Å². The van der Waals surface area contributed by atoms with Gasteiger partial charge in [0.15, 0.2) is 0 Å². The van der Waals surface area contributed by atoms with Gasteiger partial charge in [0.1, 0.15) is 0 Å². The van der Waals surface area contributed by atoms with Gasteiger partial charge in [0.2, 0.25) is 0 Å². The van der Waals surface area contributed by atoms with Crippen molar-refractivity contribution in [2.45, 2.75) is 26.3 Å². The molecule has 0 radical (unpaired) electrons. The zero-order valence-electron chi connectivity index (χ0n) is 10.1. The highest BCUT2D eigenvalue weighted by molar-refractivity contribution is 5.77. The van der Waals surface area contributed by atoms with Crippen molar-refractivity contribution in [1.82, 2.24) is 10.2 Å². The van der Waals surface area contributed by atoms with E-state index in [0.717, 1.165) is 0 Å². The molecular weight excluding hydrogens is 220 g/mol. The van der Waals surface area contributed by atoms with E-state index in [1.807, 2.05) is 13.8 Å². The number of terminal acetylenes is 1. The number of carboxylic acids is 1. The second-order valence-electron chi connectivity index (χ2n) is 4.59. The Morgan fingerprint density at radius 1 is 1.59 bits per heavy atom. The maximum absolute atomic E-state index is 11.8. The van der Waals surface area contributed by atoms with Crippen molar-refractivity contribution in [2.75, 3.05) is 13.1 Å². The number of carbonyl (C=O) groups is 2. The van der Waals surface area contributed by atoms with Crippen LogP contribution in [-0.4, -0.2) is 41.1 Å². The summed E-state index contributed by atoms with van der Waals surface area (Å²) < 4.78 is 0. The van der Waals surface area contributed by atoms with E-state index in [-0.39, 0.29) is 24.5 Å². The zero-order chi connectivity index (χ0) is 13.0. The van der Waals surface area contributed by atoms with E-state index in [1.54, 1.807) is 0 Å². The van der Waals surface area contributed by atoms with E-state index < -0.39 is 11.9 Å². The second kappa shape index (κ2) is 5.58. The summed E-state index contributed by atoms with van der Waals surface area (Å²) in [7, 11) is 0. The summed E-state index contributed by atoms with van der Waals surface area (Å²) in [5.41, 5.74) is 0. The molecule has 1 saturated heterocycles. The Bertz CT molecular complexity index is 348. The third kappa shape index (κ3) is 3.38. The number of hydrogen-bond acceptors (Lipinski definition) is 2. The minimum absolute atomic E-state index is 0.0128. The molecule has 1 aliphatic heterocycles. The molecule has 3 atom stereocenters. The highest BCUT2D eigenvalue weighted by Gasteiger charge is 2.37. The average molecular weight is 238 g/mol. The smallest absolute Gasteiger partial charge is 0.317 e. The molecule has 5 nitrogen and oxygen atoms in total. The van der Waals surface area contributed by atoms with Gasteiger partial charge in [-0.1, -0.05) is 6.92 Å². The lowest BCUT2D eigenvalue weighted by Gasteiger charge is -2.19. The first-order valence-electron chi connectivity index (χ1n) is 5.67. The number of amides is 2. The summed E-state index contributed by atoms with van der Waals surface area (Å²) in [6.07, 6.45) is 5.62. The first-order chi connectivity index (χ1) is 7.95. The monoisotopic (exact) mass is 238 g/mol. The Balaban J connectivity index is 2.50. The average Bonchev–Trinajstić information content (AvgIpc) is 2.60. The van der Waals surface area contributed by atoms with E-state index in [4.69, 9.17) is 11.5 Å². The van der Waals surface area contributed by atoms with Crippen molar-refractivity contribution in [3.8, 4) is 12.3 Å². The first-order valence-corrected chi connectivity index (χ1v) is 5.67. The Morgan fingerprint density at radius 2 is 2.24 bits per heavy atom. The van der Waals surface area contributed by atoms with Crippen LogP contribution < -0.4 is 5.32 Å². The van der Waals surface area contributed by atoms with Gasteiger partial charge >= 0.3 is 12.0 Å². The zero-order valence-corrected chi connectivity index (χ0v) is 10.1. The molecule has 1 fully saturated rings. The third-order valence-electron chi connectivity index (χ3n) is 3.01. The van der Waals surface area contributed by atoms with Gasteiger partial charge in [-0.3, -0.25) is 4.79 Å². The largest absolute Gasteiger partial charge is 0.481 e. The lowest BCUT2D eigenvalue weighted by Crippen LogP contribution is -2.43. The van der Waals surface area contributed by atoms with Crippen LogP contribution in [0.15, 0.2) is 0 Å². The lowest BCUT2D eigenvalue weighted by atomic mass is 9.99. The van der Waals surface area contributed by atoms with Crippen molar-refractivity contribution >= 4 is 12.0 Å². The molecule has 0 bridgehead atoms. The van der Waals surface area contributed by atoms with Crippen molar-refractivity contribution in [1.29, 1.82) is 0 Å². The molecule has 2 amide bonds. The molecule has 1 heterocycles. The summed E-state index contributed by atoms with van der Waals surface area (Å²) in [5, 5.41) is 11.7. The number of urea groups is 1. The molecule has 2 N–H and O–H groups in total. The predicted octanol–water partition coefficient (Wildman–Crippen LogP) is 0.760. The third-order valence-corrected chi connectivity index (χ3v) is 3.01. The van der Waals surface area contributed by atoms with Crippen LogP contribution in [0.4, 0.5) is 4.79 Å². The topological polar surface area (TPSA) is 69.6 Å². The van der Waals surface area contributed by atoms with Crippen molar-refractivity contribution < 1.29 is 14.7 Å². The molecule has 0 saturated carbocycles. The molecule has 5 heteroatoms. The van der Waals surface area contributed by atoms with Crippen LogP contribution in [0.1, 0.15) is 20.3 Å². The van der Waals surface area contributed by atoms with E-state index in [0.29, 0.717) is 13.0 Å². The minimum atomic E-state index is -0.843. The number of nitrogens with one attached hydrogen (secondary N) is 1. The number of hydrogen-bond donors (Lipinski definition) is 2. The van der Waals surface area contributed by atoms with E-state index in [1.165, 1.54) is 4.90 Å². The van der Waals surface area contributed by atoms with Crippen LogP contribution in [-0.2, 0) is 4.79 Å². The van der Waals surface area contributed by atoms with Gasteiger partial charge in [-0.25, -0.2) is 4.79 Å². The predicted molar refractivity (Wildman–Crippen MR) is 63.3 cm³/mol. The van der Waals surface area contributed by atoms with E-state index in [2.05, 4.69) is 11.2 Å². The summed E-state index contributed by atoms with van der Waals surface area (Å²) in [5.74, 6) is 1.15. The molecule has 94 valence electrons. The molecule has 0 aliphatic carbocycles. The summed E-state index contributed by atoms with van der Waals surface area (Å²) in [4.78, 5) is 24.3. The fourth-order valence-corrected chi connectivity index (χ4v) is 1.98. The SMILES string of the molecule is C#CCC(C)NC(=O)N1CC(C)C(C(=O)O)C1. The van der Waals surface area contributed by atoms with Crippen molar-refractivity contribution in [2.24, 2.45) is 11.8 Å². The van der Waals surface area contributed by atoms with Gasteiger partial charge < -0.3 is 15.3 Å². The highest BCUT2D eigenvalue weighted by atomic mass is 16.4. The number of carbonyl (C=O) groups excluding carboxylic acids is 1. The Labute approximate surface area is 101 Å². The maximum Gasteiger partial charge on any atom is 0.317 e. The van der Waals surface area contributed by atoms with Gasteiger partial charge in [-0.05, 0) is 12.8 Å². The van der Waals surface area contributed by atoms with Gasteiger partial charge in [0, 0.05) is 25.6 Å². The van der Waals surface area contributed by atoms with E-state index in [9.17, 15) is 9.59 Å². The minimum Gasteiger partial charge on any atom is -0.481 e. The van der Waals surface area contributed by atoms with Crippen LogP contribution in [0.2, 0.25) is 0 Å². The Morgan fingerprint density at radius 3 is 2.71 bits per heavy atom. The summed E-state index contributed by atoms with van der Waals surface area (Å²) in [6, 6.07) is -0.324. The van der Waals surface area contributed by atoms with Gasteiger partial charge in [0.05, 0.1) is 5.92 Å². The van der Waals surface area contributed by atoms with Crippen LogP contribution in [0, 0.1) is 24.2 Å². The van der Waals surface area contributed by atoms with Gasteiger partial charge in [-0.2, -0.15) is 0 Å². The number of rotatable bonds is 3. The quantitative estimate of drug-likeness (QED) is 0.713. The van der Waals surface area contributed by atoms with Crippen molar-refractivity contribution in [3.05, 3.63) is 0 Å². The number of likely N-dealkylation sites (tertiary alicyclic amines) is 1. The number of nitrogens with zero attached hydrogens (tertiary/aromatic N) is 1. The fraction of sp³-hybridized carbons (Fsp3) is 0.667. The molecule has 1 aliphatic rings. The van der Waals surface area contributed by atoms with Crippen LogP contribution in [0.25, 0.3) is 0 Å². The first kappa shape index (κ1) is 13.4. The molecule has 0 aromatic heterocycles. The lowest BCUT2D eigenvalue weighted by molar-refractivity contribution is -0.142. The standard InChI is InChI=1S/C12H18N2O3/c1-4-5-9(3)13-12(17)14-6-8(2)10(7-14)11(15)16/h1,8-10H,5-7H2,2-3H3,(H,13,17)(H,15,16). The normalized spacial score (nSPS) is 25.1. The van der Waals surface area contributed by atoms with Crippen LogP contribution in [0.5, 0.6) is 0 Å². The molecule has 3 unspecified atom stereocenters. The fourth-order valence-electron chi connectivity index (χ4n) is 1.98. The van der Waals surface area contributed by atoms with E-state index >= 15 is 0 Å². The van der Waals surface area contributed by atoms with Gasteiger partial charge in [-0.15, -0.1) is 12.3 Å². The molecular formula is C12H18N2O3. The molecule has 1 rings (SSSR count). The van der Waals surface area contributed by atoms with Crippen LogP contribution in [0.3, 0.4) is 0 Å². The molecule has 17 heavy (non-hydrogen) atoms. The number of carboxylic acid groups (broad SMARTS) is 1. The van der Waals surface area contributed by atoms with Gasteiger partial charge in [0.25, 0.3) is 0 Å².